The van der Waals surface area contributed by atoms with Gasteiger partial charge in [0.15, 0.2) is 11.5 Å². The van der Waals surface area contributed by atoms with Gasteiger partial charge in [0.1, 0.15) is 0 Å². The number of morpholine rings is 1. The Morgan fingerprint density at radius 1 is 1.07 bits per heavy atom. The Hall–Kier alpha value is -4.33. The summed E-state index contributed by atoms with van der Waals surface area (Å²) in [6, 6.07) is 12.7. The van der Waals surface area contributed by atoms with Gasteiger partial charge in [-0.2, -0.15) is 0 Å². The molecule has 3 aromatic rings. The average molecular weight is 559 g/mol. The minimum atomic E-state index is -0.878. The molecule has 0 bridgehead atoms. The normalized spacial score (nSPS) is 14.5. The average Bonchev–Trinajstić information content (AvgIpc) is 3.35. The number of Topliss-reactive ketones (excluding diaryl/α,β-unsaturated/α-hetero) is 1. The van der Waals surface area contributed by atoms with E-state index in [1.165, 1.54) is 6.92 Å². The summed E-state index contributed by atoms with van der Waals surface area (Å²) in [6.45, 7) is 15.3. The molecule has 1 saturated heterocycles. The summed E-state index contributed by atoms with van der Waals surface area (Å²) in [5.74, 6) is -1.42. The molecule has 2 heterocycles. The first-order valence-corrected chi connectivity index (χ1v) is 13.6. The number of ketones is 1. The lowest BCUT2D eigenvalue weighted by atomic mass is 9.91. The summed E-state index contributed by atoms with van der Waals surface area (Å²) in [5, 5.41) is 13.9. The molecule has 214 valence electrons. The molecule has 10 nitrogen and oxygen atoms in total. The number of aromatic nitrogens is 1. The molecule has 2 aromatic carbocycles. The van der Waals surface area contributed by atoms with Gasteiger partial charge >= 0.3 is 11.9 Å². The lowest BCUT2D eigenvalue weighted by Gasteiger charge is -2.39. The first-order valence-electron chi connectivity index (χ1n) is 13.6. The second-order valence-electron chi connectivity index (χ2n) is 10.5. The van der Waals surface area contributed by atoms with Crippen molar-refractivity contribution in [2.24, 2.45) is 5.16 Å². The Morgan fingerprint density at radius 3 is 2.39 bits per heavy atom. The highest BCUT2D eigenvalue weighted by atomic mass is 16.7. The molecular formula is C31H34N4O6. The van der Waals surface area contributed by atoms with Crippen LogP contribution >= 0.6 is 0 Å². The van der Waals surface area contributed by atoms with Gasteiger partial charge in [-0.3, -0.25) is 14.5 Å². The lowest BCUT2D eigenvalue weighted by molar-refractivity contribution is -0.141. The van der Waals surface area contributed by atoms with Crippen LogP contribution in [0, 0.1) is 6.57 Å². The molecule has 1 aliphatic rings. The van der Waals surface area contributed by atoms with Crippen LogP contribution in [0.3, 0.4) is 0 Å². The fourth-order valence-electron chi connectivity index (χ4n) is 5.04. The zero-order chi connectivity index (χ0) is 29.6. The van der Waals surface area contributed by atoms with Gasteiger partial charge in [-0.25, -0.2) is 9.64 Å². The Morgan fingerprint density at radius 2 is 1.76 bits per heavy atom. The Bertz CT molecular complexity index is 1510. The fraction of sp³-hybridized carbons (Fsp3) is 0.387. The number of benzene rings is 2. The van der Waals surface area contributed by atoms with Crippen LogP contribution in [0.25, 0.3) is 21.4 Å². The predicted octanol–water partition coefficient (Wildman–Crippen LogP) is 5.39. The van der Waals surface area contributed by atoms with E-state index in [0.29, 0.717) is 68.1 Å². The number of carboxylic acid groups (broad SMARTS) is 1. The molecule has 41 heavy (non-hydrogen) atoms. The number of hydrogen-bond acceptors (Lipinski definition) is 7. The van der Waals surface area contributed by atoms with Crippen molar-refractivity contribution in [2.45, 2.75) is 52.0 Å². The fourth-order valence-corrected chi connectivity index (χ4v) is 5.04. The summed E-state index contributed by atoms with van der Waals surface area (Å²) in [4.78, 5) is 46.7. The summed E-state index contributed by atoms with van der Waals surface area (Å²) in [6.07, 6.45) is 3.24. The van der Waals surface area contributed by atoms with Crippen molar-refractivity contribution < 1.29 is 29.1 Å². The Balaban J connectivity index is 1.70. The highest BCUT2D eigenvalue weighted by molar-refractivity contribution is 6.12. The van der Waals surface area contributed by atoms with E-state index in [0.717, 1.165) is 16.6 Å². The summed E-state index contributed by atoms with van der Waals surface area (Å²) < 4.78 is 7.39. The van der Waals surface area contributed by atoms with E-state index in [-0.39, 0.29) is 12.2 Å². The van der Waals surface area contributed by atoms with Gasteiger partial charge in [0.05, 0.1) is 36.6 Å². The van der Waals surface area contributed by atoms with Crippen LogP contribution in [-0.2, 0) is 19.2 Å². The van der Waals surface area contributed by atoms with Crippen molar-refractivity contribution >= 4 is 40.0 Å². The number of rotatable bonds is 11. The van der Waals surface area contributed by atoms with Crippen molar-refractivity contribution in [3.8, 4) is 5.69 Å². The number of carbonyl (C=O) groups is 3. The van der Waals surface area contributed by atoms with Crippen LogP contribution in [-0.4, -0.2) is 69.8 Å². The van der Waals surface area contributed by atoms with Gasteiger partial charge < -0.3 is 19.2 Å². The molecule has 0 saturated carbocycles. The SMILES string of the molecule is [C-]#[N+]c1ccc2c(c1)c(/C(CCCCC(=O)O)=N/OC(C)=O)cn2-c1ccc(C(=O)C(C)(C)N2CCOCC2)cc1. The molecule has 0 radical (unpaired) electrons. The first kappa shape index (κ1) is 29.6. The van der Waals surface area contributed by atoms with Crippen LogP contribution in [0.4, 0.5) is 5.69 Å². The number of nitrogens with zero attached hydrogens (tertiary/aromatic N) is 4. The van der Waals surface area contributed by atoms with Gasteiger partial charge in [-0.15, -0.1) is 0 Å². The van der Waals surface area contributed by atoms with Crippen molar-refractivity contribution in [3.05, 3.63) is 71.2 Å². The predicted molar refractivity (Wildman–Crippen MR) is 155 cm³/mol. The van der Waals surface area contributed by atoms with Gasteiger partial charge in [0, 0.05) is 49.4 Å². The van der Waals surface area contributed by atoms with Crippen LogP contribution in [0.5, 0.6) is 0 Å². The number of carbonyl (C=O) groups excluding carboxylic acids is 2. The molecule has 4 rings (SSSR count). The molecule has 0 spiro atoms. The third-order valence-corrected chi connectivity index (χ3v) is 7.33. The van der Waals surface area contributed by atoms with Crippen molar-refractivity contribution in [1.82, 2.24) is 9.47 Å². The van der Waals surface area contributed by atoms with Crippen LogP contribution < -0.4 is 0 Å². The first-order chi connectivity index (χ1) is 19.6. The van der Waals surface area contributed by atoms with E-state index in [1.54, 1.807) is 12.1 Å². The molecule has 0 unspecified atom stereocenters. The Labute approximate surface area is 239 Å². The monoisotopic (exact) mass is 558 g/mol. The summed E-state index contributed by atoms with van der Waals surface area (Å²) in [5.41, 5.74) is 3.15. The largest absolute Gasteiger partial charge is 0.481 e. The number of hydrogen-bond donors (Lipinski definition) is 1. The van der Waals surface area contributed by atoms with E-state index in [4.69, 9.17) is 21.3 Å². The van der Waals surface area contributed by atoms with Gasteiger partial charge in [0.25, 0.3) is 0 Å². The second kappa shape index (κ2) is 12.9. The Kier molecular flexibility index (Phi) is 9.32. The highest BCUT2D eigenvalue weighted by Crippen LogP contribution is 2.31. The lowest BCUT2D eigenvalue weighted by Crippen LogP contribution is -2.54. The van der Waals surface area contributed by atoms with Gasteiger partial charge in [-0.05, 0) is 74.9 Å². The summed E-state index contributed by atoms with van der Waals surface area (Å²) >= 11 is 0. The third kappa shape index (κ3) is 6.88. The zero-order valence-corrected chi connectivity index (χ0v) is 23.6. The number of ether oxygens (including phenoxy) is 1. The molecule has 0 aliphatic carbocycles. The van der Waals surface area contributed by atoms with Crippen molar-refractivity contribution in [2.75, 3.05) is 26.3 Å². The van der Waals surface area contributed by atoms with E-state index in [9.17, 15) is 14.4 Å². The smallest absolute Gasteiger partial charge is 0.331 e. The molecule has 0 amide bonds. The molecule has 1 fully saturated rings. The molecule has 0 atom stereocenters. The van der Waals surface area contributed by atoms with Gasteiger partial charge in [-0.1, -0.05) is 11.2 Å². The molecule has 10 heteroatoms. The van der Waals surface area contributed by atoms with E-state index < -0.39 is 17.5 Å². The number of fused-ring (bicyclic) bond motifs is 1. The van der Waals surface area contributed by atoms with E-state index in [2.05, 4.69) is 14.9 Å². The third-order valence-electron chi connectivity index (χ3n) is 7.33. The van der Waals surface area contributed by atoms with E-state index >= 15 is 0 Å². The van der Waals surface area contributed by atoms with Crippen LogP contribution in [0.1, 0.15) is 62.4 Å². The number of aliphatic carboxylic acids is 1. The number of unbranched alkanes of at least 4 members (excludes halogenated alkanes) is 1. The standard InChI is InChI=1S/C31H34N4O6/c1-21(36)41-33-27(7-5-6-8-29(37)38)26-20-35(28-14-11-23(32-4)19-25(26)28)24-12-9-22(10-13-24)30(39)31(2,3)34-15-17-40-18-16-34/h9-14,19-20H,5-8,15-18H2,1-3H3,(H,37,38)/b33-27+. The minimum absolute atomic E-state index is 0.0257. The summed E-state index contributed by atoms with van der Waals surface area (Å²) in [7, 11) is 0. The quantitative estimate of drug-likeness (QED) is 0.0838. The number of oxime groups is 1. The molecule has 1 N–H and O–H groups in total. The zero-order valence-electron chi connectivity index (χ0n) is 23.6. The molecule has 1 aromatic heterocycles. The maximum absolute atomic E-state index is 13.5. The minimum Gasteiger partial charge on any atom is -0.481 e. The number of carboxylic acids is 1. The molecular weight excluding hydrogens is 524 g/mol. The topological polar surface area (TPSA) is 115 Å². The van der Waals surface area contributed by atoms with Crippen molar-refractivity contribution in [1.29, 1.82) is 0 Å². The van der Waals surface area contributed by atoms with Crippen LogP contribution in [0.15, 0.2) is 53.8 Å². The van der Waals surface area contributed by atoms with Crippen molar-refractivity contribution in [3.63, 3.8) is 0 Å². The second-order valence-corrected chi connectivity index (χ2v) is 10.5. The highest BCUT2D eigenvalue weighted by Gasteiger charge is 2.35. The maximum Gasteiger partial charge on any atom is 0.331 e. The van der Waals surface area contributed by atoms with Crippen LogP contribution in [0.2, 0.25) is 0 Å². The molecule has 1 aliphatic heterocycles. The van der Waals surface area contributed by atoms with E-state index in [1.807, 2.05) is 54.9 Å². The maximum atomic E-state index is 13.5. The van der Waals surface area contributed by atoms with Gasteiger partial charge in [0.2, 0.25) is 0 Å².